The first-order chi connectivity index (χ1) is 8.75. The zero-order valence-electron chi connectivity index (χ0n) is 9.41. The van der Waals surface area contributed by atoms with Crippen molar-refractivity contribution in [1.29, 1.82) is 0 Å². The van der Waals surface area contributed by atoms with E-state index in [2.05, 4.69) is 4.98 Å². The van der Waals surface area contributed by atoms with E-state index in [9.17, 15) is 10.1 Å². The minimum atomic E-state index is -0.419. The maximum absolute atomic E-state index is 10.9. The second-order valence-corrected chi connectivity index (χ2v) is 4.01. The van der Waals surface area contributed by atoms with Gasteiger partial charge in [-0.25, -0.2) is 0 Å². The molecule has 6 nitrogen and oxygen atoms in total. The van der Waals surface area contributed by atoms with Crippen LogP contribution in [0.2, 0.25) is 0 Å². The predicted octanol–water partition coefficient (Wildman–Crippen LogP) is 1.92. The van der Waals surface area contributed by atoms with Gasteiger partial charge in [-0.3, -0.25) is 15.1 Å². The second-order valence-electron chi connectivity index (χ2n) is 4.01. The molecule has 0 spiro atoms. The van der Waals surface area contributed by atoms with Crippen molar-refractivity contribution in [3.8, 4) is 5.75 Å². The van der Waals surface area contributed by atoms with E-state index < -0.39 is 4.92 Å². The Bertz CT molecular complexity index is 610. The Kier molecular flexibility index (Phi) is 2.56. The maximum atomic E-state index is 10.9. The summed E-state index contributed by atoms with van der Waals surface area (Å²) >= 11 is 0. The predicted molar refractivity (Wildman–Crippen MR) is 63.6 cm³/mol. The molecular formula is C12H10N2O4. The number of aromatic nitrogens is 1. The highest BCUT2D eigenvalue weighted by Gasteiger charge is 2.24. The number of pyridine rings is 1. The summed E-state index contributed by atoms with van der Waals surface area (Å²) in [5, 5.41) is 11.4. The van der Waals surface area contributed by atoms with E-state index in [0.717, 1.165) is 0 Å². The highest BCUT2D eigenvalue weighted by molar-refractivity contribution is 5.92. The zero-order chi connectivity index (χ0) is 12.5. The molecule has 0 amide bonds. The summed E-state index contributed by atoms with van der Waals surface area (Å²) in [6.45, 7) is 1.15. The molecule has 0 bridgehead atoms. The van der Waals surface area contributed by atoms with Crippen molar-refractivity contribution in [2.75, 3.05) is 13.2 Å². The molecule has 0 aliphatic carbocycles. The van der Waals surface area contributed by atoms with Crippen molar-refractivity contribution in [1.82, 2.24) is 4.98 Å². The van der Waals surface area contributed by atoms with Crippen LogP contribution in [0.15, 0.2) is 30.5 Å². The van der Waals surface area contributed by atoms with Gasteiger partial charge in [0, 0.05) is 12.3 Å². The number of hydrogen-bond donors (Lipinski definition) is 0. The third kappa shape index (κ3) is 1.98. The Hall–Kier alpha value is -2.21. The molecule has 1 aliphatic heterocycles. The molecule has 1 saturated heterocycles. The van der Waals surface area contributed by atoms with Gasteiger partial charge in [-0.2, -0.15) is 0 Å². The van der Waals surface area contributed by atoms with Gasteiger partial charge in [0.25, 0.3) is 5.69 Å². The molecule has 18 heavy (non-hydrogen) atoms. The molecule has 1 unspecified atom stereocenters. The van der Waals surface area contributed by atoms with E-state index in [0.29, 0.717) is 29.9 Å². The Labute approximate surface area is 102 Å². The molecule has 1 fully saturated rings. The summed E-state index contributed by atoms with van der Waals surface area (Å²) in [6.07, 6.45) is 1.73. The largest absolute Gasteiger partial charge is 0.488 e. The first-order valence-electron chi connectivity index (χ1n) is 5.52. The molecule has 1 aromatic heterocycles. The average molecular weight is 246 g/mol. The van der Waals surface area contributed by atoms with Crippen molar-refractivity contribution >= 4 is 16.6 Å². The van der Waals surface area contributed by atoms with E-state index in [1.807, 2.05) is 0 Å². The van der Waals surface area contributed by atoms with E-state index in [1.54, 1.807) is 24.4 Å². The molecule has 0 N–H and O–H groups in total. The lowest BCUT2D eigenvalue weighted by Gasteiger charge is -2.07. The van der Waals surface area contributed by atoms with Gasteiger partial charge in [-0.15, -0.1) is 0 Å². The van der Waals surface area contributed by atoms with Crippen molar-refractivity contribution in [3.05, 3.63) is 40.6 Å². The van der Waals surface area contributed by atoms with Crippen LogP contribution in [-0.2, 0) is 4.74 Å². The smallest absolute Gasteiger partial charge is 0.279 e. The molecule has 1 atom stereocenters. The van der Waals surface area contributed by atoms with Crippen LogP contribution in [0.3, 0.4) is 0 Å². The van der Waals surface area contributed by atoms with E-state index in [4.69, 9.17) is 9.47 Å². The fourth-order valence-electron chi connectivity index (χ4n) is 1.75. The number of fused-ring (bicyclic) bond motifs is 1. The molecule has 1 aliphatic rings. The Morgan fingerprint density at radius 1 is 1.50 bits per heavy atom. The van der Waals surface area contributed by atoms with Gasteiger partial charge in [-0.1, -0.05) is 0 Å². The fraction of sp³-hybridized carbons (Fsp3) is 0.250. The second kappa shape index (κ2) is 4.23. The van der Waals surface area contributed by atoms with Crippen molar-refractivity contribution in [3.63, 3.8) is 0 Å². The van der Waals surface area contributed by atoms with Gasteiger partial charge >= 0.3 is 0 Å². The van der Waals surface area contributed by atoms with Gasteiger partial charge in [0.15, 0.2) is 0 Å². The van der Waals surface area contributed by atoms with Gasteiger partial charge in [-0.05, 0) is 18.2 Å². The molecule has 3 rings (SSSR count). The highest BCUT2D eigenvalue weighted by Crippen LogP contribution is 2.31. The summed E-state index contributed by atoms with van der Waals surface area (Å²) in [5.74, 6) is 0.548. The number of nitro benzene ring substituents is 1. The van der Waals surface area contributed by atoms with Crippen molar-refractivity contribution in [2.45, 2.75) is 6.10 Å². The number of epoxide rings is 1. The van der Waals surface area contributed by atoms with Crippen LogP contribution in [0.25, 0.3) is 10.9 Å². The van der Waals surface area contributed by atoms with Crippen LogP contribution in [0.1, 0.15) is 0 Å². The number of ether oxygens (including phenoxy) is 2. The Morgan fingerprint density at radius 3 is 3.06 bits per heavy atom. The van der Waals surface area contributed by atoms with Crippen LogP contribution < -0.4 is 4.74 Å². The first kappa shape index (κ1) is 10.9. The lowest BCUT2D eigenvalue weighted by molar-refractivity contribution is -0.383. The standard InChI is InChI=1S/C12H10N2O4/c15-14(16)10-3-4-11(18-7-8-6-17-8)12-9(10)2-1-5-13-12/h1-5,8H,6-7H2. The topological polar surface area (TPSA) is 77.8 Å². The number of nitro groups is 1. The lowest BCUT2D eigenvalue weighted by Crippen LogP contribution is -2.05. The summed E-state index contributed by atoms with van der Waals surface area (Å²) in [7, 11) is 0. The maximum Gasteiger partial charge on any atom is 0.279 e. The summed E-state index contributed by atoms with van der Waals surface area (Å²) < 4.78 is 10.6. The summed E-state index contributed by atoms with van der Waals surface area (Å²) in [5.41, 5.74) is 0.542. The highest BCUT2D eigenvalue weighted by atomic mass is 16.6. The van der Waals surface area contributed by atoms with Gasteiger partial charge < -0.3 is 9.47 Å². The van der Waals surface area contributed by atoms with Crippen molar-refractivity contribution in [2.24, 2.45) is 0 Å². The fourth-order valence-corrected chi connectivity index (χ4v) is 1.75. The number of benzene rings is 1. The molecule has 92 valence electrons. The van der Waals surface area contributed by atoms with E-state index >= 15 is 0 Å². The molecule has 0 radical (unpaired) electrons. The Morgan fingerprint density at radius 2 is 2.33 bits per heavy atom. The van der Waals surface area contributed by atoms with Gasteiger partial charge in [0.1, 0.15) is 24.0 Å². The zero-order valence-corrected chi connectivity index (χ0v) is 9.41. The minimum absolute atomic E-state index is 0.0353. The third-order valence-corrected chi connectivity index (χ3v) is 2.73. The van der Waals surface area contributed by atoms with Gasteiger partial charge in [0.2, 0.25) is 0 Å². The minimum Gasteiger partial charge on any atom is -0.488 e. The Balaban J connectivity index is 2.04. The molecule has 2 aromatic rings. The summed E-state index contributed by atoms with van der Waals surface area (Å²) in [4.78, 5) is 14.7. The van der Waals surface area contributed by atoms with E-state index in [-0.39, 0.29) is 11.8 Å². The molecule has 6 heteroatoms. The third-order valence-electron chi connectivity index (χ3n) is 2.73. The normalized spacial score (nSPS) is 17.7. The molecule has 2 heterocycles. The number of rotatable bonds is 4. The SMILES string of the molecule is O=[N+]([O-])c1ccc(OCC2CO2)c2ncccc12. The molecule has 0 saturated carbocycles. The number of non-ortho nitro benzene ring substituents is 1. The first-order valence-corrected chi connectivity index (χ1v) is 5.52. The number of hydrogen-bond acceptors (Lipinski definition) is 5. The van der Waals surface area contributed by atoms with Crippen LogP contribution in [0, 0.1) is 10.1 Å². The number of nitrogens with zero attached hydrogens (tertiary/aromatic N) is 2. The monoisotopic (exact) mass is 246 g/mol. The van der Waals surface area contributed by atoms with Crippen LogP contribution in [0.5, 0.6) is 5.75 Å². The summed E-state index contributed by atoms with van der Waals surface area (Å²) in [6, 6.07) is 6.35. The lowest BCUT2D eigenvalue weighted by atomic mass is 10.1. The van der Waals surface area contributed by atoms with E-state index in [1.165, 1.54) is 6.07 Å². The quantitative estimate of drug-likeness (QED) is 0.468. The average Bonchev–Trinajstić information content (AvgIpc) is 3.19. The van der Waals surface area contributed by atoms with Gasteiger partial charge in [0.05, 0.1) is 16.9 Å². The molecule has 1 aromatic carbocycles. The van der Waals surface area contributed by atoms with Crippen LogP contribution in [-0.4, -0.2) is 29.2 Å². The van der Waals surface area contributed by atoms with Crippen LogP contribution in [0.4, 0.5) is 5.69 Å². The molecular weight excluding hydrogens is 236 g/mol. The van der Waals surface area contributed by atoms with Crippen LogP contribution >= 0.6 is 0 Å². The van der Waals surface area contributed by atoms with Crippen molar-refractivity contribution < 1.29 is 14.4 Å².